The third-order valence-corrected chi connectivity index (χ3v) is 7.94. The Hall–Kier alpha value is -3.89. The summed E-state index contributed by atoms with van der Waals surface area (Å²) in [5.41, 5.74) is 3.09. The van der Waals surface area contributed by atoms with Crippen molar-refractivity contribution in [3.63, 3.8) is 0 Å². The molecular weight excluding hydrogens is 502 g/mol. The fourth-order valence-corrected chi connectivity index (χ4v) is 5.45. The zero-order valence-corrected chi connectivity index (χ0v) is 21.5. The van der Waals surface area contributed by atoms with Crippen LogP contribution in [0.5, 0.6) is 11.5 Å². The van der Waals surface area contributed by atoms with Gasteiger partial charge in [0.1, 0.15) is 17.3 Å². The number of nitrogens with one attached hydrogen (secondary N) is 1. The smallest absolute Gasteiger partial charge is 0.229 e. The topological polar surface area (TPSA) is 108 Å². The normalized spacial score (nSPS) is 11.7. The van der Waals surface area contributed by atoms with Crippen molar-refractivity contribution in [2.24, 2.45) is 0 Å². The molecule has 0 saturated heterocycles. The van der Waals surface area contributed by atoms with Crippen LogP contribution in [-0.4, -0.2) is 42.4 Å². The molecule has 1 N–H and O–H groups in total. The van der Waals surface area contributed by atoms with Crippen molar-refractivity contribution >= 4 is 49.5 Å². The van der Waals surface area contributed by atoms with Crippen molar-refractivity contribution in [1.82, 2.24) is 19.8 Å². The number of fused-ring (bicyclic) bond motifs is 3. The van der Waals surface area contributed by atoms with E-state index in [4.69, 9.17) is 21.1 Å². The second-order valence-corrected chi connectivity index (χ2v) is 10.4. The van der Waals surface area contributed by atoms with Gasteiger partial charge in [0.05, 0.1) is 35.3 Å². The van der Waals surface area contributed by atoms with Gasteiger partial charge in [0.25, 0.3) is 0 Å². The number of benzene rings is 3. The van der Waals surface area contributed by atoms with Crippen LogP contribution in [0.15, 0.2) is 64.5 Å². The van der Waals surface area contributed by atoms with Crippen LogP contribution in [0.4, 0.5) is 11.5 Å². The van der Waals surface area contributed by atoms with E-state index in [0.717, 1.165) is 11.1 Å². The molecule has 0 aliphatic carbocycles. The van der Waals surface area contributed by atoms with Crippen molar-refractivity contribution in [3.05, 3.63) is 70.7 Å². The molecule has 9 nitrogen and oxygen atoms in total. The number of hydrogen-bond acceptors (Lipinski definition) is 8. The molecule has 0 atom stereocenters. The molecular formula is C25H22ClN5O4S. The fraction of sp³-hybridized carbons (Fsp3) is 0.160. The Labute approximate surface area is 212 Å². The molecule has 0 amide bonds. The summed E-state index contributed by atoms with van der Waals surface area (Å²) in [5.74, 6) is 1.31. The van der Waals surface area contributed by atoms with Crippen molar-refractivity contribution < 1.29 is 17.9 Å². The maximum absolute atomic E-state index is 13.6. The van der Waals surface area contributed by atoms with Crippen LogP contribution in [0.1, 0.15) is 11.1 Å². The predicted molar refractivity (Wildman–Crippen MR) is 137 cm³/mol. The molecule has 3 aromatic carbocycles. The number of para-hydroxylation sites is 1. The first-order valence-corrected chi connectivity index (χ1v) is 12.8. The molecule has 0 spiro atoms. The minimum absolute atomic E-state index is 0.0907. The third-order valence-electron chi connectivity index (χ3n) is 5.99. The lowest BCUT2D eigenvalue weighted by Gasteiger charge is -2.15. The number of nitrogens with zero attached hydrogens (tertiary/aromatic N) is 4. The largest absolute Gasteiger partial charge is 0.495 e. The monoisotopic (exact) mass is 523 g/mol. The second-order valence-electron chi connectivity index (χ2n) is 8.17. The van der Waals surface area contributed by atoms with Crippen LogP contribution < -0.4 is 14.8 Å². The maximum Gasteiger partial charge on any atom is 0.229 e. The maximum atomic E-state index is 13.6. The Morgan fingerprint density at radius 2 is 1.69 bits per heavy atom. The highest BCUT2D eigenvalue weighted by Crippen LogP contribution is 2.38. The average Bonchev–Trinajstić information content (AvgIpc) is 3.31. The fourth-order valence-electron chi connectivity index (χ4n) is 3.89. The van der Waals surface area contributed by atoms with E-state index in [0.29, 0.717) is 38.9 Å². The molecule has 5 rings (SSSR count). The lowest BCUT2D eigenvalue weighted by atomic mass is 10.1. The SMILES string of the molecule is COc1cc(OC)c(Nc2nc3c(S(=O)(=O)c4ccc(C)c(C)c4)nnn3c3ccccc23)cc1Cl. The summed E-state index contributed by atoms with van der Waals surface area (Å²) in [7, 11) is -0.955. The molecule has 0 radical (unpaired) electrons. The van der Waals surface area contributed by atoms with Gasteiger partial charge >= 0.3 is 0 Å². The average molecular weight is 524 g/mol. The van der Waals surface area contributed by atoms with Gasteiger partial charge in [-0.15, -0.1) is 5.10 Å². The minimum Gasteiger partial charge on any atom is -0.495 e. The summed E-state index contributed by atoms with van der Waals surface area (Å²) in [6.45, 7) is 3.78. The molecule has 184 valence electrons. The molecule has 5 aromatic rings. The van der Waals surface area contributed by atoms with Crippen molar-refractivity contribution in [2.75, 3.05) is 19.5 Å². The van der Waals surface area contributed by atoms with Crippen molar-refractivity contribution in [3.8, 4) is 11.5 Å². The number of methoxy groups -OCH3 is 2. The second kappa shape index (κ2) is 8.96. The summed E-state index contributed by atoms with van der Waals surface area (Å²) in [5, 5.41) is 12.2. The van der Waals surface area contributed by atoms with Gasteiger partial charge in [-0.2, -0.15) is 4.52 Å². The highest BCUT2D eigenvalue weighted by atomic mass is 35.5. The molecule has 0 unspecified atom stereocenters. The van der Waals surface area contributed by atoms with Gasteiger partial charge in [-0.25, -0.2) is 13.4 Å². The van der Waals surface area contributed by atoms with E-state index in [1.54, 1.807) is 30.3 Å². The highest BCUT2D eigenvalue weighted by molar-refractivity contribution is 7.91. The van der Waals surface area contributed by atoms with Crippen molar-refractivity contribution in [1.29, 1.82) is 0 Å². The first-order valence-electron chi connectivity index (χ1n) is 10.9. The van der Waals surface area contributed by atoms with Crippen LogP contribution >= 0.6 is 11.6 Å². The highest BCUT2D eigenvalue weighted by Gasteiger charge is 2.27. The number of anilines is 2. The Kier molecular flexibility index (Phi) is 5.93. The molecule has 2 aromatic heterocycles. The minimum atomic E-state index is -4.00. The van der Waals surface area contributed by atoms with E-state index in [1.165, 1.54) is 18.7 Å². The number of rotatable bonds is 6. The summed E-state index contributed by atoms with van der Waals surface area (Å²) in [6.07, 6.45) is 0. The summed E-state index contributed by atoms with van der Waals surface area (Å²) >= 11 is 6.35. The van der Waals surface area contributed by atoms with E-state index >= 15 is 0 Å². The Morgan fingerprint density at radius 3 is 2.42 bits per heavy atom. The number of ether oxygens (including phenoxy) is 2. The molecule has 0 saturated carbocycles. The lowest BCUT2D eigenvalue weighted by molar-refractivity contribution is 0.396. The van der Waals surface area contributed by atoms with Gasteiger partial charge in [-0.05, 0) is 55.3 Å². The van der Waals surface area contributed by atoms with Gasteiger partial charge in [-0.1, -0.05) is 35.0 Å². The van der Waals surface area contributed by atoms with E-state index < -0.39 is 9.84 Å². The van der Waals surface area contributed by atoms with Crippen LogP contribution in [0.3, 0.4) is 0 Å². The number of aromatic nitrogens is 4. The summed E-state index contributed by atoms with van der Waals surface area (Å²) in [6, 6.07) is 15.6. The molecule has 0 fully saturated rings. The van der Waals surface area contributed by atoms with Gasteiger partial charge in [0.2, 0.25) is 14.9 Å². The number of aryl methyl sites for hydroxylation is 2. The number of hydrogen-bond donors (Lipinski definition) is 1. The van der Waals surface area contributed by atoms with Crippen LogP contribution in [0.2, 0.25) is 5.02 Å². The first-order chi connectivity index (χ1) is 17.2. The molecule has 2 heterocycles. The van der Waals surface area contributed by atoms with E-state index in [9.17, 15) is 8.42 Å². The first kappa shape index (κ1) is 23.8. The Morgan fingerprint density at radius 1 is 0.944 bits per heavy atom. The Bertz CT molecular complexity index is 1750. The number of sulfone groups is 1. The molecule has 36 heavy (non-hydrogen) atoms. The van der Waals surface area contributed by atoms with Crippen molar-refractivity contribution in [2.45, 2.75) is 23.8 Å². The van der Waals surface area contributed by atoms with Crippen LogP contribution in [-0.2, 0) is 9.84 Å². The van der Waals surface area contributed by atoms with E-state index in [1.807, 2.05) is 38.1 Å². The van der Waals surface area contributed by atoms with E-state index in [-0.39, 0.29) is 15.6 Å². The zero-order chi connectivity index (χ0) is 25.6. The quantitative estimate of drug-likeness (QED) is 0.326. The Balaban J connectivity index is 1.72. The predicted octanol–water partition coefficient (Wildman–Crippen LogP) is 5.14. The van der Waals surface area contributed by atoms with Gasteiger partial charge in [0, 0.05) is 11.5 Å². The molecule has 0 aliphatic rings. The van der Waals surface area contributed by atoms with Gasteiger partial charge in [0.15, 0.2) is 5.65 Å². The standard InChI is InChI=1S/C25H22ClN5O4S/c1-14-9-10-16(11-15(14)2)36(32,33)25-24-28-23(17-7-5-6-8-20(17)31(24)30-29-25)27-19-12-18(26)21(34-3)13-22(19)35-4/h5-13H,1-4H3,(H,27,28). The van der Waals surface area contributed by atoms with Gasteiger partial charge < -0.3 is 14.8 Å². The lowest BCUT2D eigenvalue weighted by Crippen LogP contribution is -2.06. The molecule has 0 bridgehead atoms. The van der Waals surface area contributed by atoms with Gasteiger partial charge in [-0.3, -0.25) is 0 Å². The molecule has 0 aliphatic heterocycles. The summed E-state index contributed by atoms with van der Waals surface area (Å²) < 4.78 is 39.3. The summed E-state index contributed by atoms with van der Waals surface area (Å²) in [4.78, 5) is 4.78. The zero-order valence-electron chi connectivity index (χ0n) is 19.9. The number of halogens is 1. The third kappa shape index (κ3) is 3.88. The van der Waals surface area contributed by atoms with Crippen LogP contribution in [0, 0.1) is 13.8 Å². The molecule has 11 heteroatoms. The van der Waals surface area contributed by atoms with Crippen LogP contribution in [0.25, 0.3) is 16.6 Å². The van der Waals surface area contributed by atoms with E-state index in [2.05, 4.69) is 20.6 Å².